The molecule has 0 fully saturated rings. The molecule has 0 saturated heterocycles. The minimum absolute atomic E-state index is 0.723. The minimum Gasteiger partial charge on any atom is -0.0998 e. The van der Waals surface area contributed by atoms with E-state index in [9.17, 15) is 0 Å². The molecule has 15 heavy (non-hydrogen) atoms. The van der Waals surface area contributed by atoms with E-state index >= 15 is 0 Å². The van der Waals surface area contributed by atoms with Crippen molar-refractivity contribution >= 4 is 0 Å². The van der Waals surface area contributed by atoms with Gasteiger partial charge in [0.05, 0.1) is 0 Å². The second-order valence-corrected chi connectivity index (χ2v) is 5.40. The molecular formula is C15H26. The molecule has 0 aromatic rings. The van der Waals surface area contributed by atoms with Crippen LogP contribution in [0.2, 0.25) is 0 Å². The average Bonchev–Trinajstić information content (AvgIpc) is 2.16. The quantitative estimate of drug-likeness (QED) is 0.523. The fourth-order valence-corrected chi connectivity index (χ4v) is 2.37. The molecule has 0 aromatic heterocycles. The summed E-state index contributed by atoms with van der Waals surface area (Å²) in [4.78, 5) is 0. The Morgan fingerprint density at radius 3 is 2.73 bits per heavy atom. The molecule has 0 amide bonds. The van der Waals surface area contributed by atoms with Crippen molar-refractivity contribution in [2.75, 3.05) is 0 Å². The van der Waals surface area contributed by atoms with Crippen LogP contribution in [0.3, 0.4) is 0 Å². The summed E-state index contributed by atoms with van der Waals surface area (Å²) in [6.07, 6.45) is 10.4. The predicted molar refractivity (Wildman–Crippen MR) is 68.9 cm³/mol. The third-order valence-electron chi connectivity index (χ3n) is 3.72. The van der Waals surface area contributed by atoms with Crippen molar-refractivity contribution in [1.82, 2.24) is 0 Å². The molecule has 0 heteroatoms. The molecule has 0 heterocycles. The first kappa shape index (κ1) is 12.5. The molecule has 1 aliphatic rings. The van der Waals surface area contributed by atoms with Gasteiger partial charge in [0.2, 0.25) is 0 Å². The lowest BCUT2D eigenvalue weighted by Crippen LogP contribution is -2.06. The van der Waals surface area contributed by atoms with E-state index in [2.05, 4.69) is 33.4 Å². The van der Waals surface area contributed by atoms with Crippen LogP contribution in [-0.2, 0) is 0 Å². The highest BCUT2D eigenvalue weighted by Gasteiger charge is 2.12. The van der Waals surface area contributed by atoms with Crippen molar-refractivity contribution in [1.29, 1.82) is 0 Å². The Labute approximate surface area is 95.5 Å². The van der Waals surface area contributed by atoms with Crippen LogP contribution in [0.1, 0.15) is 59.3 Å². The van der Waals surface area contributed by atoms with Crippen LogP contribution in [-0.4, -0.2) is 0 Å². The molecule has 0 nitrogen and oxygen atoms in total. The van der Waals surface area contributed by atoms with Crippen LogP contribution in [0.25, 0.3) is 0 Å². The first-order valence-electron chi connectivity index (χ1n) is 6.40. The van der Waals surface area contributed by atoms with Gasteiger partial charge in [0.1, 0.15) is 0 Å². The summed E-state index contributed by atoms with van der Waals surface area (Å²) in [7, 11) is 0. The molecule has 1 unspecified atom stereocenters. The monoisotopic (exact) mass is 206 g/mol. The lowest BCUT2D eigenvalue weighted by atomic mass is 9.86. The van der Waals surface area contributed by atoms with Crippen molar-refractivity contribution in [2.45, 2.75) is 59.3 Å². The fourth-order valence-electron chi connectivity index (χ4n) is 2.37. The second-order valence-electron chi connectivity index (χ2n) is 5.40. The normalized spacial score (nSPS) is 32.9. The van der Waals surface area contributed by atoms with Crippen LogP contribution in [0.15, 0.2) is 23.8 Å². The highest BCUT2D eigenvalue weighted by Crippen LogP contribution is 2.27. The van der Waals surface area contributed by atoms with Gasteiger partial charge in [0.25, 0.3) is 0 Å². The summed E-state index contributed by atoms with van der Waals surface area (Å²) < 4.78 is 0. The van der Waals surface area contributed by atoms with Crippen molar-refractivity contribution < 1.29 is 0 Å². The molecular weight excluding hydrogens is 180 g/mol. The van der Waals surface area contributed by atoms with Gasteiger partial charge >= 0.3 is 0 Å². The van der Waals surface area contributed by atoms with Gasteiger partial charge in [-0.15, -0.1) is 0 Å². The van der Waals surface area contributed by atoms with Gasteiger partial charge in [0, 0.05) is 0 Å². The lowest BCUT2D eigenvalue weighted by molar-refractivity contribution is 0.410. The minimum atomic E-state index is 0.723. The Morgan fingerprint density at radius 2 is 2.07 bits per heavy atom. The second kappa shape index (κ2) is 6.15. The van der Waals surface area contributed by atoms with E-state index in [4.69, 9.17) is 0 Å². The van der Waals surface area contributed by atoms with Gasteiger partial charge in [-0.3, -0.25) is 0 Å². The van der Waals surface area contributed by atoms with Crippen molar-refractivity contribution in [3.05, 3.63) is 23.8 Å². The summed E-state index contributed by atoms with van der Waals surface area (Å²) in [5, 5.41) is 0. The molecule has 0 spiro atoms. The van der Waals surface area contributed by atoms with Crippen LogP contribution < -0.4 is 0 Å². The Morgan fingerprint density at radius 1 is 1.33 bits per heavy atom. The third-order valence-corrected chi connectivity index (χ3v) is 3.72. The first-order chi connectivity index (χ1) is 7.09. The Kier molecular flexibility index (Phi) is 5.14. The molecule has 2 atom stereocenters. The lowest BCUT2D eigenvalue weighted by Gasteiger charge is -2.20. The number of hydrogen-bond acceptors (Lipinski definition) is 0. The highest BCUT2D eigenvalue weighted by atomic mass is 14.2. The van der Waals surface area contributed by atoms with Crippen molar-refractivity contribution in [2.24, 2.45) is 11.8 Å². The van der Waals surface area contributed by atoms with Gasteiger partial charge in [-0.05, 0) is 51.4 Å². The topological polar surface area (TPSA) is 0 Å². The van der Waals surface area contributed by atoms with Gasteiger partial charge in [-0.1, -0.05) is 43.6 Å². The molecule has 1 aliphatic carbocycles. The Bertz CT molecular complexity index is 234. The van der Waals surface area contributed by atoms with Gasteiger partial charge in [-0.25, -0.2) is 0 Å². The SMILES string of the molecule is C=C(C)[C@H]1C/C=C(\C)CCCC(C)CC1. The standard InChI is InChI=1S/C15H26/c1-12(2)15-10-8-13(3)6-5-7-14(4)9-11-15/h8,14-15H,1,5-7,9-11H2,2-4H3/b13-8+/t14?,15-/m0/s1. The molecule has 0 N–H and O–H groups in total. The molecule has 86 valence electrons. The van der Waals surface area contributed by atoms with Gasteiger partial charge in [-0.2, -0.15) is 0 Å². The third kappa shape index (κ3) is 4.68. The summed E-state index contributed by atoms with van der Waals surface area (Å²) in [5.74, 6) is 1.62. The zero-order valence-corrected chi connectivity index (χ0v) is 10.7. The van der Waals surface area contributed by atoms with Crippen LogP contribution in [0.4, 0.5) is 0 Å². The molecule has 0 saturated carbocycles. The Hall–Kier alpha value is -0.520. The van der Waals surface area contributed by atoms with Gasteiger partial charge in [0.15, 0.2) is 0 Å². The van der Waals surface area contributed by atoms with E-state index < -0.39 is 0 Å². The van der Waals surface area contributed by atoms with E-state index in [1.54, 1.807) is 5.57 Å². The largest absolute Gasteiger partial charge is 0.0998 e. The number of rotatable bonds is 1. The Balaban J connectivity index is 2.61. The maximum atomic E-state index is 4.13. The molecule has 0 radical (unpaired) electrons. The highest BCUT2D eigenvalue weighted by molar-refractivity contribution is 5.05. The number of hydrogen-bond donors (Lipinski definition) is 0. The summed E-state index contributed by atoms with van der Waals surface area (Å²) in [6.45, 7) is 11.0. The predicted octanol–water partition coefficient (Wildman–Crippen LogP) is 5.12. The van der Waals surface area contributed by atoms with E-state index in [0.717, 1.165) is 11.8 Å². The molecule has 1 rings (SSSR count). The molecule has 0 bridgehead atoms. The zero-order chi connectivity index (χ0) is 11.3. The van der Waals surface area contributed by atoms with E-state index in [-0.39, 0.29) is 0 Å². The zero-order valence-electron chi connectivity index (χ0n) is 10.7. The first-order valence-corrected chi connectivity index (χ1v) is 6.40. The summed E-state index contributed by atoms with van der Waals surface area (Å²) in [5.41, 5.74) is 2.95. The average molecular weight is 206 g/mol. The summed E-state index contributed by atoms with van der Waals surface area (Å²) >= 11 is 0. The smallest absolute Gasteiger partial charge is 0.0174 e. The van der Waals surface area contributed by atoms with Crippen LogP contribution in [0.5, 0.6) is 0 Å². The fraction of sp³-hybridized carbons (Fsp3) is 0.733. The summed E-state index contributed by atoms with van der Waals surface area (Å²) in [6, 6.07) is 0. The maximum Gasteiger partial charge on any atom is -0.0174 e. The number of allylic oxidation sites excluding steroid dienone is 3. The van der Waals surface area contributed by atoms with Crippen LogP contribution in [0, 0.1) is 11.8 Å². The van der Waals surface area contributed by atoms with E-state index in [1.807, 2.05) is 0 Å². The van der Waals surface area contributed by atoms with E-state index in [1.165, 1.54) is 44.1 Å². The maximum absolute atomic E-state index is 4.13. The molecule has 0 aromatic carbocycles. The molecule has 0 aliphatic heterocycles. The van der Waals surface area contributed by atoms with Crippen molar-refractivity contribution in [3.8, 4) is 0 Å². The van der Waals surface area contributed by atoms with Crippen LogP contribution >= 0.6 is 0 Å². The van der Waals surface area contributed by atoms with E-state index in [0.29, 0.717) is 0 Å². The van der Waals surface area contributed by atoms with Gasteiger partial charge < -0.3 is 0 Å². The van der Waals surface area contributed by atoms with Crippen molar-refractivity contribution in [3.63, 3.8) is 0 Å².